The van der Waals surface area contributed by atoms with Gasteiger partial charge in [0.1, 0.15) is 0 Å². The van der Waals surface area contributed by atoms with Crippen molar-refractivity contribution >= 4 is 21.5 Å². The van der Waals surface area contributed by atoms with Gasteiger partial charge in [-0.15, -0.1) is 0 Å². The van der Waals surface area contributed by atoms with E-state index in [0.717, 1.165) is 0 Å². The molecule has 7 aromatic rings. The van der Waals surface area contributed by atoms with Crippen molar-refractivity contribution in [2.45, 2.75) is 79.1 Å². The highest BCUT2D eigenvalue weighted by Crippen LogP contribution is 2.59. The second-order valence-electron chi connectivity index (χ2n) is 16.5. The molecule has 0 spiro atoms. The molecule has 0 saturated heterocycles. The molecule has 0 saturated carbocycles. The summed E-state index contributed by atoms with van der Waals surface area (Å²) in [6.45, 7) is 18.2. The zero-order valence-electron chi connectivity index (χ0n) is 30.4. The smallest absolute Gasteiger partial charge is 0.0349 e. The molecule has 0 unspecified atom stereocenters. The molecular weight excluding hydrogens is 601 g/mol. The van der Waals surface area contributed by atoms with Crippen molar-refractivity contribution in [2.75, 3.05) is 0 Å². The van der Waals surface area contributed by atoms with Gasteiger partial charge in [-0.25, -0.2) is 0 Å². The van der Waals surface area contributed by atoms with Crippen LogP contribution in [0.3, 0.4) is 0 Å². The first-order valence-corrected chi connectivity index (χ1v) is 18.5. The molecule has 0 aromatic heterocycles. The first-order valence-electron chi connectivity index (χ1n) is 18.5. The maximum atomic E-state index is 2.56. The molecular formula is C50H42. The third-order valence-electron chi connectivity index (χ3n) is 13.7. The standard InChI is InChI=1S/C50H42/c1-23-9-35-36(10-24(23)2)48-38-12-26(4)25(3)11-37(38)47(35)43-19-31-17-33-21-45-46(22-34(33)18-32(31)20-44(43)48)50-41-15-29(7)27(5)13-39(41)49(45)40-14-28(6)30(8)16-42(40)50/h9-22,47-50H,1-8H3. The maximum Gasteiger partial charge on any atom is 0.0349 e. The zero-order chi connectivity index (χ0) is 34.1. The first kappa shape index (κ1) is 28.9. The Hall–Kier alpha value is -4.94. The van der Waals surface area contributed by atoms with E-state index in [9.17, 15) is 0 Å². The molecule has 0 aliphatic heterocycles. The predicted molar refractivity (Wildman–Crippen MR) is 209 cm³/mol. The Kier molecular flexibility index (Phi) is 5.44. The van der Waals surface area contributed by atoms with E-state index < -0.39 is 0 Å². The SMILES string of the molecule is Cc1cc2c(cc1C)C1c3cc(C)c(C)cc3C2c2cc3cc4cc5c(cc4cc3cc21)C1c2cc(C)c(C)cc2C5c2cc(C)c(C)cc21. The summed E-state index contributed by atoms with van der Waals surface area (Å²) in [5.74, 6) is 1.13. The van der Waals surface area contributed by atoms with Crippen LogP contribution in [0.1, 0.15) is 135 Å². The van der Waals surface area contributed by atoms with Crippen LogP contribution in [0, 0.1) is 55.4 Å². The van der Waals surface area contributed by atoms with Crippen LogP contribution >= 0.6 is 0 Å². The lowest BCUT2D eigenvalue weighted by Gasteiger charge is -2.43. The molecule has 0 nitrogen and oxygen atoms in total. The monoisotopic (exact) mass is 642 g/mol. The number of aryl methyl sites for hydroxylation is 8. The molecule has 0 heteroatoms. The predicted octanol–water partition coefficient (Wildman–Crippen LogP) is 12.4. The van der Waals surface area contributed by atoms with Gasteiger partial charge in [0.15, 0.2) is 0 Å². The van der Waals surface area contributed by atoms with E-state index in [-0.39, 0.29) is 23.7 Å². The van der Waals surface area contributed by atoms with Crippen LogP contribution in [0.25, 0.3) is 21.5 Å². The van der Waals surface area contributed by atoms with Crippen molar-refractivity contribution < 1.29 is 0 Å². The van der Waals surface area contributed by atoms with Gasteiger partial charge in [0.25, 0.3) is 0 Å². The molecule has 6 aliphatic rings. The minimum Gasteiger partial charge on any atom is -0.0546 e. The van der Waals surface area contributed by atoms with E-state index in [0.29, 0.717) is 0 Å². The summed E-state index contributed by atoms with van der Waals surface area (Å²) in [4.78, 5) is 0. The molecule has 0 heterocycles. The number of rotatable bonds is 0. The van der Waals surface area contributed by atoms with Crippen molar-refractivity contribution in [3.8, 4) is 0 Å². The van der Waals surface area contributed by atoms with Crippen molar-refractivity contribution in [3.05, 3.63) is 196 Å². The minimum absolute atomic E-state index is 0.282. The molecule has 0 radical (unpaired) electrons. The van der Waals surface area contributed by atoms with Crippen LogP contribution in [-0.2, 0) is 0 Å². The fourth-order valence-electron chi connectivity index (χ4n) is 10.6. The van der Waals surface area contributed by atoms with Gasteiger partial charge in [0.2, 0.25) is 0 Å². The Balaban J connectivity index is 1.15. The van der Waals surface area contributed by atoms with Crippen molar-refractivity contribution in [2.24, 2.45) is 0 Å². The van der Waals surface area contributed by atoms with E-state index in [1.807, 2.05) is 0 Å². The van der Waals surface area contributed by atoms with E-state index >= 15 is 0 Å². The number of hydrogen-bond acceptors (Lipinski definition) is 0. The van der Waals surface area contributed by atoms with Gasteiger partial charge in [-0.2, -0.15) is 0 Å². The summed E-state index contributed by atoms with van der Waals surface area (Å²) >= 11 is 0. The number of fused-ring (bicyclic) bond motifs is 2. The summed E-state index contributed by atoms with van der Waals surface area (Å²) in [5, 5.41) is 5.44. The summed E-state index contributed by atoms with van der Waals surface area (Å²) in [7, 11) is 0. The molecule has 7 aromatic carbocycles. The van der Waals surface area contributed by atoms with Gasteiger partial charge in [0, 0.05) is 23.7 Å². The largest absolute Gasteiger partial charge is 0.0546 e. The van der Waals surface area contributed by atoms with Crippen molar-refractivity contribution in [1.29, 1.82) is 0 Å². The van der Waals surface area contributed by atoms with Gasteiger partial charge >= 0.3 is 0 Å². The van der Waals surface area contributed by atoms with Crippen LogP contribution in [0.5, 0.6) is 0 Å². The van der Waals surface area contributed by atoms with Crippen LogP contribution in [0.2, 0.25) is 0 Å². The number of benzene rings is 7. The summed E-state index contributed by atoms with van der Waals surface area (Å²) in [5.41, 5.74) is 29.3. The van der Waals surface area contributed by atoms with Gasteiger partial charge in [-0.05, 0) is 225 Å². The molecule has 0 fully saturated rings. The van der Waals surface area contributed by atoms with E-state index in [2.05, 4.69) is 140 Å². The molecule has 50 heavy (non-hydrogen) atoms. The second kappa shape index (κ2) is 9.43. The van der Waals surface area contributed by atoms with E-state index in [1.165, 1.54) is 133 Å². The van der Waals surface area contributed by atoms with Crippen molar-refractivity contribution in [3.63, 3.8) is 0 Å². The third kappa shape index (κ3) is 3.52. The van der Waals surface area contributed by atoms with Crippen LogP contribution in [0.15, 0.2) is 84.9 Å². The van der Waals surface area contributed by atoms with Crippen LogP contribution in [0.4, 0.5) is 0 Å². The highest BCUT2D eigenvalue weighted by molar-refractivity contribution is 6.01. The lowest BCUT2D eigenvalue weighted by molar-refractivity contribution is 0.750. The zero-order valence-corrected chi connectivity index (χ0v) is 30.4. The Bertz CT molecular complexity index is 2260. The molecule has 0 N–H and O–H groups in total. The summed E-state index contributed by atoms with van der Waals surface area (Å²) < 4.78 is 0. The first-order chi connectivity index (χ1) is 24.0. The fraction of sp³-hybridized carbons (Fsp3) is 0.240. The molecule has 6 aliphatic carbocycles. The van der Waals surface area contributed by atoms with Crippen molar-refractivity contribution in [1.82, 2.24) is 0 Å². The highest BCUT2D eigenvalue weighted by atomic mass is 14.5. The lowest BCUT2D eigenvalue weighted by Crippen LogP contribution is -2.28. The Morgan fingerprint density at radius 2 is 0.340 bits per heavy atom. The fourth-order valence-corrected chi connectivity index (χ4v) is 10.6. The molecule has 4 bridgehead atoms. The average molecular weight is 643 g/mol. The molecule has 242 valence electrons. The Morgan fingerprint density at radius 1 is 0.200 bits per heavy atom. The highest BCUT2D eigenvalue weighted by Gasteiger charge is 2.44. The minimum atomic E-state index is 0.282. The van der Waals surface area contributed by atoms with Gasteiger partial charge < -0.3 is 0 Å². The van der Waals surface area contributed by atoms with Gasteiger partial charge in [0.05, 0.1) is 0 Å². The molecule has 0 amide bonds. The summed E-state index contributed by atoms with van der Waals surface area (Å²) in [6.07, 6.45) is 0. The third-order valence-corrected chi connectivity index (χ3v) is 13.7. The van der Waals surface area contributed by atoms with E-state index in [1.54, 1.807) is 0 Å². The maximum absolute atomic E-state index is 2.56. The number of hydrogen-bond donors (Lipinski definition) is 0. The average Bonchev–Trinajstić information content (AvgIpc) is 3.07. The normalized spacial score (nSPS) is 20.0. The Labute approximate surface area is 295 Å². The van der Waals surface area contributed by atoms with Crippen LogP contribution < -0.4 is 0 Å². The van der Waals surface area contributed by atoms with Gasteiger partial charge in [-0.1, -0.05) is 48.5 Å². The quantitative estimate of drug-likeness (QED) is 0.144. The van der Waals surface area contributed by atoms with Crippen LogP contribution in [-0.4, -0.2) is 0 Å². The molecule has 13 rings (SSSR count). The van der Waals surface area contributed by atoms with Gasteiger partial charge in [-0.3, -0.25) is 0 Å². The molecule has 0 atom stereocenters. The topological polar surface area (TPSA) is 0 Å². The van der Waals surface area contributed by atoms with E-state index in [4.69, 9.17) is 0 Å². The second-order valence-corrected chi connectivity index (χ2v) is 16.5. The lowest BCUT2D eigenvalue weighted by atomic mass is 9.59. The Morgan fingerprint density at radius 3 is 0.500 bits per heavy atom. The summed E-state index contributed by atoms with van der Waals surface area (Å²) in [6, 6.07) is 35.2.